The van der Waals surface area contributed by atoms with Gasteiger partial charge in [-0.2, -0.15) is 0 Å². The molecule has 2 atom stereocenters. The Morgan fingerprint density at radius 3 is 2.47 bits per heavy atom. The third-order valence-corrected chi connectivity index (χ3v) is 4.83. The van der Waals surface area contributed by atoms with Gasteiger partial charge in [-0.05, 0) is 52.1 Å². The van der Waals surface area contributed by atoms with Gasteiger partial charge in [0.25, 0.3) is 5.91 Å². The maximum atomic E-state index is 12.8. The van der Waals surface area contributed by atoms with Crippen LogP contribution in [0.15, 0.2) is 59.4 Å². The average Bonchev–Trinajstić information content (AvgIpc) is 2.77. The summed E-state index contributed by atoms with van der Waals surface area (Å²) < 4.78 is 5.75. The first-order valence-electron chi connectivity index (χ1n) is 10.4. The van der Waals surface area contributed by atoms with E-state index in [1.165, 1.54) is 18.6 Å². The van der Waals surface area contributed by atoms with Gasteiger partial charge in [-0.3, -0.25) is 9.79 Å². The lowest BCUT2D eigenvalue weighted by molar-refractivity contribution is -0.00572. The molecule has 1 amide bonds. The van der Waals surface area contributed by atoms with Gasteiger partial charge in [0.2, 0.25) is 5.95 Å². The number of aromatic nitrogens is 3. The summed E-state index contributed by atoms with van der Waals surface area (Å²) in [5, 5.41) is 6.06. The molecule has 1 aliphatic heterocycles. The van der Waals surface area contributed by atoms with Crippen LogP contribution < -0.4 is 15.5 Å². The number of carbonyl (C=O) groups excluding carboxylic acids is 1. The molecule has 0 unspecified atom stereocenters. The fourth-order valence-electron chi connectivity index (χ4n) is 3.33. The molecule has 2 aromatic heterocycles. The number of carbonyl (C=O) groups is 1. The van der Waals surface area contributed by atoms with E-state index in [-0.39, 0.29) is 18.1 Å². The van der Waals surface area contributed by atoms with Crippen LogP contribution in [0.5, 0.6) is 0 Å². The number of hydrogen-bond acceptors (Lipinski definition) is 8. The van der Waals surface area contributed by atoms with Gasteiger partial charge in [0.15, 0.2) is 0 Å². The number of morpholine rings is 1. The molecule has 2 aromatic rings. The van der Waals surface area contributed by atoms with E-state index in [9.17, 15) is 4.79 Å². The lowest BCUT2D eigenvalue weighted by Crippen LogP contribution is -2.46. The van der Waals surface area contributed by atoms with Crippen molar-refractivity contribution in [2.75, 3.05) is 23.3 Å². The molecule has 9 heteroatoms. The summed E-state index contributed by atoms with van der Waals surface area (Å²) in [4.78, 5) is 31.7. The minimum absolute atomic E-state index is 0.0989. The van der Waals surface area contributed by atoms with Crippen LogP contribution in [0, 0.1) is 6.92 Å². The zero-order valence-electron chi connectivity index (χ0n) is 18.9. The number of anilines is 2. The Kier molecular flexibility index (Phi) is 7.67. The van der Waals surface area contributed by atoms with Crippen molar-refractivity contribution in [2.24, 2.45) is 4.99 Å². The van der Waals surface area contributed by atoms with Gasteiger partial charge in [0.05, 0.1) is 23.5 Å². The highest BCUT2D eigenvalue weighted by Gasteiger charge is 2.24. The predicted octanol–water partition coefficient (Wildman–Crippen LogP) is 3.08. The number of hydrogen-bond donors (Lipinski definition) is 2. The van der Waals surface area contributed by atoms with E-state index in [4.69, 9.17) is 4.74 Å². The number of nitrogens with one attached hydrogen (secondary N) is 2. The Morgan fingerprint density at radius 2 is 1.88 bits per heavy atom. The van der Waals surface area contributed by atoms with Crippen LogP contribution >= 0.6 is 0 Å². The van der Waals surface area contributed by atoms with Gasteiger partial charge in [-0.15, -0.1) is 0 Å². The second-order valence-corrected chi connectivity index (χ2v) is 7.77. The molecule has 3 heterocycles. The molecule has 9 nitrogen and oxygen atoms in total. The molecule has 0 saturated carbocycles. The third-order valence-electron chi connectivity index (χ3n) is 4.83. The first kappa shape index (κ1) is 23.1. The minimum Gasteiger partial charge on any atom is -0.372 e. The Labute approximate surface area is 188 Å². The lowest BCUT2D eigenvalue weighted by atomic mass is 10.2. The summed E-state index contributed by atoms with van der Waals surface area (Å²) in [5.74, 6) is 0.918. The second kappa shape index (κ2) is 10.6. The van der Waals surface area contributed by atoms with Crippen LogP contribution in [0.4, 0.5) is 11.8 Å². The van der Waals surface area contributed by atoms with Crippen molar-refractivity contribution in [3.05, 3.63) is 65.5 Å². The van der Waals surface area contributed by atoms with E-state index in [0.717, 1.165) is 5.56 Å². The van der Waals surface area contributed by atoms with Crippen LogP contribution in [0.2, 0.25) is 0 Å². The number of allylic oxidation sites excluding steroid dienone is 2. The van der Waals surface area contributed by atoms with Gasteiger partial charge in [0.1, 0.15) is 5.82 Å². The van der Waals surface area contributed by atoms with E-state index < -0.39 is 0 Å². The Bertz CT molecular complexity index is 990. The molecular weight excluding hydrogens is 406 g/mol. The van der Waals surface area contributed by atoms with Crippen LogP contribution in [0.3, 0.4) is 0 Å². The standard InChI is InChI=1S/C23H29N7O2/c1-15-6-7-21(25-10-15)28-18(4)20(8-9-24-5)29-22(31)19-11-26-23(27-12-19)30-13-16(2)32-17(3)14-30/h6-12,16-17H,5,13-14H2,1-4H3,(H,25,28)(H,29,31)/b9-8-,20-18-/t16-,17+. The van der Waals surface area contributed by atoms with Crippen LogP contribution in [-0.2, 0) is 4.74 Å². The van der Waals surface area contributed by atoms with Crippen molar-refractivity contribution in [3.8, 4) is 0 Å². The van der Waals surface area contributed by atoms with Crippen molar-refractivity contribution in [1.29, 1.82) is 0 Å². The first-order valence-corrected chi connectivity index (χ1v) is 10.4. The quantitative estimate of drug-likeness (QED) is 0.509. The molecule has 1 aliphatic rings. The molecule has 0 aliphatic carbocycles. The summed E-state index contributed by atoms with van der Waals surface area (Å²) in [6.07, 6.45) is 8.18. The highest BCUT2D eigenvalue weighted by atomic mass is 16.5. The zero-order valence-corrected chi connectivity index (χ0v) is 18.9. The lowest BCUT2D eigenvalue weighted by Gasteiger charge is -2.35. The van der Waals surface area contributed by atoms with Crippen LogP contribution in [0.1, 0.15) is 36.7 Å². The number of aryl methyl sites for hydroxylation is 1. The number of nitrogens with zero attached hydrogens (tertiary/aromatic N) is 5. The monoisotopic (exact) mass is 435 g/mol. The highest BCUT2D eigenvalue weighted by Crippen LogP contribution is 2.16. The summed E-state index contributed by atoms with van der Waals surface area (Å²) >= 11 is 0. The average molecular weight is 436 g/mol. The number of amides is 1. The van der Waals surface area contributed by atoms with Crippen molar-refractivity contribution < 1.29 is 9.53 Å². The van der Waals surface area contributed by atoms with Crippen molar-refractivity contribution in [2.45, 2.75) is 39.9 Å². The van der Waals surface area contributed by atoms with Gasteiger partial charge in [-0.25, -0.2) is 15.0 Å². The smallest absolute Gasteiger partial charge is 0.258 e. The van der Waals surface area contributed by atoms with E-state index in [2.05, 4.69) is 42.2 Å². The third kappa shape index (κ3) is 6.21. The normalized spacial score (nSPS) is 19.4. The Hall–Kier alpha value is -3.59. The maximum Gasteiger partial charge on any atom is 0.258 e. The fraction of sp³-hybridized carbons (Fsp3) is 0.348. The molecule has 0 spiro atoms. The largest absolute Gasteiger partial charge is 0.372 e. The molecule has 32 heavy (non-hydrogen) atoms. The van der Waals surface area contributed by atoms with E-state index in [1.807, 2.05) is 39.8 Å². The van der Waals surface area contributed by atoms with Gasteiger partial charge >= 0.3 is 0 Å². The summed E-state index contributed by atoms with van der Waals surface area (Å²) in [7, 11) is 0. The summed E-state index contributed by atoms with van der Waals surface area (Å²) in [5.41, 5.74) is 2.64. The Balaban J connectivity index is 1.73. The predicted molar refractivity (Wildman–Crippen MR) is 126 cm³/mol. The highest BCUT2D eigenvalue weighted by molar-refractivity contribution is 5.95. The number of pyridine rings is 1. The molecule has 2 N–H and O–H groups in total. The molecule has 3 rings (SSSR count). The van der Waals surface area contributed by atoms with Gasteiger partial charge < -0.3 is 20.3 Å². The van der Waals surface area contributed by atoms with Crippen molar-refractivity contribution >= 4 is 24.4 Å². The molecule has 1 saturated heterocycles. The molecular formula is C23H29N7O2. The second-order valence-electron chi connectivity index (χ2n) is 7.77. The number of ether oxygens (including phenoxy) is 1. The minimum atomic E-state index is -0.331. The Morgan fingerprint density at radius 1 is 1.19 bits per heavy atom. The van der Waals surface area contributed by atoms with E-state index in [0.29, 0.717) is 41.8 Å². The molecule has 0 radical (unpaired) electrons. The molecule has 0 aromatic carbocycles. The number of rotatable bonds is 7. The topological polar surface area (TPSA) is 105 Å². The van der Waals surface area contributed by atoms with Crippen LogP contribution in [0.25, 0.3) is 0 Å². The van der Waals surface area contributed by atoms with E-state index >= 15 is 0 Å². The molecule has 0 bridgehead atoms. The van der Waals surface area contributed by atoms with Crippen molar-refractivity contribution in [3.63, 3.8) is 0 Å². The number of aliphatic imine (C=N–C) groups is 1. The fourth-order valence-corrected chi connectivity index (χ4v) is 3.33. The zero-order chi connectivity index (χ0) is 23.1. The van der Waals surface area contributed by atoms with Gasteiger partial charge in [0, 0.05) is 43.6 Å². The van der Waals surface area contributed by atoms with Crippen LogP contribution in [-0.4, -0.2) is 52.9 Å². The van der Waals surface area contributed by atoms with E-state index in [1.54, 1.807) is 12.3 Å². The summed E-state index contributed by atoms with van der Waals surface area (Å²) in [6, 6.07) is 3.82. The van der Waals surface area contributed by atoms with Gasteiger partial charge in [-0.1, -0.05) is 6.07 Å². The first-order chi connectivity index (χ1) is 15.4. The summed E-state index contributed by atoms with van der Waals surface area (Å²) in [6.45, 7) is 12.7. The maximum absolute atomic E-state index is 12.8. The SMILES string of the molecule is C=N/C=C\C(NC(=O)c1cnc(N2C[C@@H](C)O[C@@H](C)C2)nc1)=C(/C)Nc1ccc(C)cn1. The molecule has 168 valence electrons. The van der Waals surface area contributed by atoms with Crippen molar-refractivity contribution in [1.82, 2.24) is 20.3 Å². The molecule has 1 fully saturated rings.